The molecule has 5 nitrogen and oxygen atoms in total. The van der Waals surface area contributed by atoms with E-state index in [-0.39, 0.29) is 6.10 Å². The molecule has 0 amide bonds. The van der Waals surface area contributed by atoms with Crippen molar-refractivity contribution in [2.45, 2.75) is 13.0 Å². The number of ether oxygens (including phenoxy) is 2. The molecule has 22 heavy (non-hydrogen) atoms. The van der Waals surface area contributed by atoms with Crippen LogP contribution in [0, 0.1) is 0 Å². The quantitative estimate of drug-likeness (QED) is 0.715. The highest BCUT2D eigenvalue weighted by Crippen LogP contribution is 2.30. The second-order valence-corrected chi connectivity index (χ2v) is 4.72. The normalized spacial score (nSPS) is 11.9. The Labute approximate surface area is 128 Å². The first-order valence-corrected chi connectivity index (χ1v) is 6.96. The van der Waals surface area contributed by atoms with Crippen LogP contribution in [0.2, 0.25) is 0 Å². The van der Waals surface area contributed by atoms with E-state index in [1.165, 1.54) is 0 Å². The van der Waals surface area contributed by atoms with Crippen LogP contribution in [-0.2, 0) is 0 Å². The van der Waals surface area contributed by atoms with E-state index in [1.807, 2.05) is 61.5 Å². The summed E-state index contributed by atoms with van der Waals surface area (Å²) in [4.78, 5) is 0. The minimum atomic E-state index is -0.374. The fourth-order valence-corrected chi connectivity index (χ4v) is 2.05. The largest absolute Gasteiger partial charge is 0.493 e. The lowest BCUT2D eigenvalue weighted by atomic mass is 10.2. The molecule has 0 spiro atoms. The fourth-order valence-electron chi connectivity index (χ4n) is 2.05. The van der Waals surface area contributed by atoms with Gasteiger partial charge in [0.05, 0.1) is 7.11 Å². The third kappa shape index (κ3) is 2.93. The molecule has 1 heterocycles. The van der Waals surface area contributed by atoms with Crippen molar-refractivity contribution in [2.75, 3.05) is 7.11 Å². The first kappa shape index (κ1) is 14.1. The molecular formula is C17H16N2O3. The van der Waals surface area contributed by atoms with Crippen molar-refractivity contribution in [3.05, 3.63) is 60.5 Å². The van der Waals surface area contributed by atoms with Crippen molar-refractivity contribution < 1.29 is 13.9 Å². The summed E-state index contributed by atoms with van der Waals surface area (Å²) in [5, 5.41) is 8.13. The highest BCUT2D eigenvalue weighted by molar-refractivity contribution is 5.51. The Bertz CT molecular complexity index is 740. The molecule has 1 atom stereocenters. The third-order valence-corrected chi connectivity index (χ3v) is 3.18. The highest BCUT2D eigenvalue weighted by atomic mass is 16.5. The molecule has 2 aromatic carbocycles. The van der Waals surface area contributed by atoms with Gasteiger partial charge in [0, 0.05) is 5.56 Å². The van der Waals surface area contributed by atoms with Crippen molar-refractivity contribution >= 4 is 0 Å². The Morgan fingerprint density at radius 3 is 2.32 bits per heavy atom. The number of benzene rings is 2. The number of hydrogen-bond donors (Lipinski definition) is 0. The number of rotatable bonds is 5. The molecule has 0 saturated heterocycles. The minimum Gasteiger partial charge on any atom is -0.493 e. The van der Waals surface area contributed by atoms with Crippen LogP contribution in [0.15, 0.2) is 59.0 Å². The number of aromatic nitrogens is 2. The highest BCUT2D eigenvalue weighted by Gasteiger charge is 2.17. The molecule has 1 unspecified atom stereocenters. The second kappa shape index (κ2) is 6.30. The summed E-state index contributed by atoms with van der Waals surface area (Å²) in [5.74, 6) is 2.20. The van der Waals surface area contributed by atoms with Gasteiger partial charge in [-0.15, -0.1) is 10.2 Å². The molecule has 112 valence electrons. The molecule has 0 aliphatic rings. The van der Waals surface area contributed by atoms with Crippen LogP contribution in [0.3, 0.4) is 0 Å². The van der Waals surface area contributed by atoms with Crippen LogP contribution in [0.5, 0.6) is 11.5 Å². The molecule has 0 radical (unpaired) electrons. The fraction of sp³-hybridized carbons (Fsp3) is 0.176. The Hall–Kier alpha value is -2.82. The van der Waals surface area contributed by atoms with Gasteiger partial charge in [-0.1, -0.05) is 30.3 Å². The molecule has 0 bridgehead atoms. The monoisotopic (exact) mass is 296 g/mol. The SMILES string of the molecule is COc1ccccc1OC(C)c1nnc(-c2ccccc2)o1. The summed E-state index contributed by atoms with van der Waals surface area (Å²) in [6, 6.07) is 17.1. The number of nitrogens with zero attached hydrogens (tertiary/aromatic N) is 2. The molecule has 0 aliphatic carbocycles. The van der Waals surface area contributed by atoms with Crippen molar-refractivity contribution in [3.63, 3.8) is 0 Å². The maximum Gasteiger partial charge on any atom is 0.257 e. The standard InChI is InChI=1S/C17H16N2O3/c1-12(21-15-11-7-6-10-14(15)20-2)16-18-19-17(22-16)13-8-4-3-5-9-13/h3-12H,1-2H3. The molecular weight excluding hydrogens is 280 g/mol. The number of methoxy groups -OCH3 is 1. The molecule has 0 saturated carbocycles. The Morgan fingerprint density at radius 2 is 1.59 bits per heavy atom. The maximum atomic E-state index is 5.85. The Morgan fingerprint density at radius 1 is 0.909 bits per heavy atom. The molecule has 5 heteroatoms. The molecule has 0 N–H and O–H groups in total. The van der Waals surface area contributed by atoms with Gasteiger partial charge >= 0.3 is 0 Å². The minimum absolute atomic E-state index is 0.374. The van der Waals surface area contributed by atoms with Gasteiger partial charge in [0.1, 0.15) is 0 Å². The van der Waals surface area contributed by atoms with Crippen molar-refractivity contribution in [3.8, 4) is 23.0 Å². The zero-order chi connectivity index (χ0) is 15.4. The molecule has 3 aromatic rings. The lowest BCUT2D eigenvalue weighted by Gasteiger charge is -2.13. The van der Waals surface area contributed by atoms with Gasteiger partial charge in [-0.05, 0) is 31.2 Å². The first-order valence-electron chi connectivity index (χ1n) is 6.96. The van der Waals surface area contributed by atoms with Gasteiger partial charge in [0.15, 0.2) is 17.6 Å². The van der Waals surface area contributed by atoms with Gasteiger partial charge in [0.25, 0.3) is 5.89 Å². The van der Waals surface area contributed by atoms with Gasteiger partial charge in [-0.25, -0.2) is 0 Å². The summed E-state index contributed by atoms with van der Waals surface area (Å²) < 4.78 is 16.8. The van der Waals surface area contributed by atoms with Crippen LogP contribution in [0.4, 0.5) is 0 Å². The van der Waals surface area contributed by atoms with Crippen molar-refractivity contribution in [1.82, 2.24) is 10.2 Å². The van der Waals surface area contributed by atoms with Gasteiger partial charge in [-0.2, -0.15) is 0 Å². The van der Waals surface area contributed by atoms with Crippen LogP contribution in [0.1, 0.15) is 18.9 Å². The number of hydrogen-bond acceptors (Lipinski definition) is 5. The smallest absolute Gasteiger partial charge is 0.257 e. The first-order chi connectivity index (χ1) is 10.8. The van der Waals surface area contributed by atoms with Crippen molar-refractivity contribution in [1.29, 1.82) is 0 Å². The van der Waals surface area contributed by atoms with E-state index in [0.29, 0.717) is 23.3 Å². The molecule has 1 aromatic heterocycles. The zero-order valence-corrected chi connectivity index (χ0v) is 12.4. The summed E-state index contributed by atoms with van der Waals surface area (Å²) >= 11 is 0. The predicted octanol–water partition coefficient (Wildman–Crippen LogP) is 3.89. The van der Waals surface area contributed by atoms with Crippen LogP contribution >= 0.6 is 0 Å². The van der Waals surface area contributed by atoms with Crippen LogP contribution < -0.4 is 9.47 Å². The third-order valence-electron chi connectivity index (χ3n) is 3.18. The van der Waals surface area contributed by atoms with E-state index >= 15 is 0 Å². The zero-order valence-electron chi connectivity index (χ0n) is 12.4. The molecule has 0 fully saturated rings. The van der Waals surface area contributed by atoms with E-state index in [9.17, 15) is 0 Å². The summed E-state index contributed by atoms with van der Waals surface area (Å²) in [6.45, 7) is 1.86. The second-order valence-electron chi connectivity index (χ2n) is 4.72. The van der Waals surface area contributed by atoms with Gasteiger partial charge in [0.2, 0.25) is 5.89 Å². The van der Waals surface area contributed by atoms with E-state index < -0.39 is 0 Å². The summed E-state index contributed by atoms with van der Waals surface area (Å²) in [7, 11) is 1.60. The van der Waals surface area contributed by atoms with Gasteiger partial charge in [-0.3, -0.25) is 0 Å². The lowest BCUT2D eigenvalue weighted by Crippen LogP contribution is -2.04. The lowest BCUT2D eigenvalue weighted by molar-refractivity contribution is 0.182. The average Bonchev–Trinajstić information content (AvgIpc) is 3.06. The summed E-state index contributed by atoms with van der Waals surface area (Å²) in [6.07, 6.45) is -0.374. The van der Waals surface area contributed by atoms with E-state index in [0.717, 1.165) is 5.56 Å². The topological polar surface area (TPSA) is 57.4 Å². The number of para-hydroxylation sites is 2. The average molecular weight is 296 g/mol. The molecule has 0 aliphatic heterocycles. The van der Waals surface area contributed by atoms with Crippen LogP contribution in [0.25, 0.3) is 11.5 Å². The van der Waals surface area contributed by atoms with E-state index in [1.54, 1.807) is 7.11 Å². The van der Waals surface area contributed by atoms with Crippen LogP contribution in [-0.4, -0.2) is 17.3 Å². The molecule has 3 rings (SSSR count). The Balaban J connectivity index is 1.78. The summed E-state index contributed by atoms with van der Waals surface area (Å²) in [5.41, 5.74) is 0.880. The van der Waals surface area contributed by atoms with E-state index in [2.05, 4.69) is 10.2 Å². The predicted molar refractivity (Wildman–Crippen MR) is 81.8 cm³/mol. The van der Waals surface area contributed by atoms with Gasteiger partial charge < -0.3 is 13.9 Å². The van der Waals surface area contributed by atoms with Crippen molar-refractivity contribution in [2.24, 2.45) is 0 Å². The maximum absolute atomic E-state index is 5.85. The Kier molecular flexibility index (Phi) is 4.05. The van der Waals surface area contributed by atoms with E-state index in [4.69, 9.17) is 13.9 Å².